The van der Waals surface area contributed by atoms with Gasteiger partial charge in [0.25, 0.3) is 0 Å². The van der Waals surface area contributed by atoms with Crippen molar-refractivity contribution in [2.45, 2.75) is 46.1 Å². The molecule has 0 heterocycles. The van der Waals surface area contributed by atoms with Crippen LogP contribution in [0.3, 0.4) is 0 Å². The zero-order chi connectivity index (χ0) is 15.2. The van der Waals surface area contributed by atoms with Crippen molar-refractivity contribution in [2.24, 2.45) is 11.7 Å². The van der Waals surface area contributed by atoms with Gasteiger partial charge in [0.1, 0.15) is 5.82 Å². The Bertz CT molecular complexity index is 382. The quantitative estimate of drug-likeness (QED) is 0.785. The summed E-state index contributed by atoms with van der Waals surface area (Å²) in [6, 6.07) is 6.66. The van der Waals surface area contributed by atoms with Gasteiger partial charge in [0.15, 0.2) is 0 Å². The van der Waals surface area contributed by atoms with E-state index in [1.165, 1.54) is 12.1 Å². The fourth-order valence-corrected chi connectivity index (χ4v) is 2.64. The molecule has 2 N–H and O–H groups in total. The first kappa shape index (κ1) is 17.1. The SMILES string of the molecule is CCCN(CCC)CC(N)(c1ccc(F)cc1)C(C)C. The first-order valence-corrected chi connectivity index (χ1v) is 7.71. The molecule has 0 aliphatic carbocycles. The Hall–Kier alpha value is -0.930. The van der Waals surface area contributed by atoms with E-state index in [0.717, 1.165) is 38.0 Å². The highest BCUT2D eigenvalue weighted by molar-refractivity contribution is 5.26. The van der Waals surface area contributed by atoms with E-state index < -0.39 is 5.54 Å². The van der Waals surface area contributed by atoms with Crippen molar-refractivity contribution in [2.75, 3.05) is 19.6 Å². The standard InChI is InChI=1S/C17H29FN2/c1-5-11-20(12-6-2)13-17(19,14(3)4)15-7-9-16(18)10-8-15/h7-10,14H,5-6,11-13,19H2,1-4H3. The van der Waals surface area contributed by atoms with Crippen molar-refractivity contribution in [3.05, 3.63) is 35.6 Å². The van der Waals surface area contributed by atoms with Gasteiger partial charge in [-0.2, -0.15) is 0 Å². The van der Waals surface area contributed by atoms with Crippen LogP contribution in [0.15, 0.2) is 24.3 Å². The monoisotopic (exact) mass is 280 g/mol. The average Bonchev–Trinajstić information content (AvgIpc) is 2.39. The molecule has 0 saturated heterocycles. The third kappa shape index (κ3) is 4.29. The lowest BCUT2D eigenvalue weighted by Gasteiger charge is -2.39. The summed E-state index contributed by atoms with van der Waals surface area (Å²) in [4.78, 5) is 2.42. The van der Waals surface area contributed by atoms with Crippen molar-refractivity contribution < 1.29 is 4.39 Å². The van der Waals surface area contributed by atoms with Crippen LogP contribution in [0, 0.1) is 11.7 Å². The van der Waals surface area contributed by atoms with E-state index in [1.54, 1.807) is 0 Å². The van der Waals surface area contributed by atoms with Gasteiger partial charge in [-0.1, -0.05) is 39.8 Å². The highest BCUT2D eigenvalue weighted by Crippen LogP contribution is 2.28. The highest BCUT2D eigenvalue weighted by atomic mass is 19.1. The molecule has 0 aliphatic heterocycles. The molecular formula is C17H29FN2. The third-order valence-corrected chi connectivity index (χ3v) is 3.98. The Morgan fingerprint density at radius 2 is 1.60 bits per heavy atom. The second-order valence-electron chi connectivity index (χ2n) is 5.98. The van der Waals surface area contributed by atoms with E-state index in [0.29, 0.717) is 5.92 Å². The Balaban J connectivity index is 2.98. The van der Waals surface area contributed by atoms with Crippen molar-refractivity contribution in [1.82, 2.24) is 4.90 Å². The van der Waals surface area contributed by atoms with Crippen LogP contribution in [0.2, 0.25) is 0 Å². The van der Waals surface area contributed by atoms with Crippen LogP contribution in [0.25, 0.3) is 0 Å². The lowest BCUT2D eigenvalue weighted by molar-refractivity contribution is 0.171. The van der Waals surface area contributed by atoms with Crippen LogP contribution in [-0.4, -0.2) is 24.5 Å². The maximum absolute atomic E-state index is 13.1. The maximum Gasteiger partial charge on any atom is 0.123 e. The molecule has 114 valence electrons. The van der Waals surface area contributed by atoms with Gasteiger partial charge in [-0.3, -0.25) is 0 Å². The predicted molar refractivity (Wildman–Crippen MR) is 84.1 cm³/mol. The van der Waals surface area contributed by atoms with Crippen molar-refractivity contribution >= 4 is 0 Å². The van der Waals surface area contributed by atoms with Gasteiger partial charge in [-0.25, -0.2) is 4.39 Å². The van der Waals surface area contributed by atoms with E-state index in [4.69, 9.17) is 5.73 Å². The van der Waals surface area contributed by atoms with Gasteiger partial charge in [0.05, 0.1) is 5.54 Å². The van der Waals surface area contributed by atoms with Crippen LogP contribution in [0.1, 0.15) is 46.1 Å². The molecular weight excluding hydrogens is 251 g/mol. The first-order chi connectivity index (χ1) is 9.43. The number of halogens is 1. The number of rotatable bonds is 8. The summed E-state index contributed by atoms with van der Waals surface area (Å²) in [6.07, 6.45) is 2.25. The van der Waals surface area contributed by atoms with Gasteiger partial charge < -0.3 is 10.6 Å². The Kier molecular flexibility index (Phi) is 6.63. The highest BCUT2D eigenvalue weighted by Gasteiger charge is 2.33. The number of benzene rings is 1. The van der Waals surface area contributed by atoms with Crippen LogP contribution in [0.4, 0.5) is 4.39 Å². The Morgan fingerprint density at radius 3 is 2.00 bits per heavy atom. The molecule has 20 heavy (non-hydrogen) atoms. The van der Waals surface area contributed by atoms with E-state index in [-0.39, 0.29) is 5.82 Å². The molecule has 1 aromatic carbocycles. The minimum atomic E-state index is -0.432. The minimum Gasteiger partial charge on any atom is -0.320 e. The van der Waals surface area contributed by atoms with E-state index in [2.05, 4.69) is 32.6 Å². The zero-order valence-electron chi connectivity index (χ0n) is 13.3. The smallest absolute Gasteiger partial charge is 0.123 e. The molecule has 1 atom stereocenters. The second kappa shape index (κ2) is 7.75. The number of hydrogen-bond donors (Lipinski definition) is 1. The largest absolute Gasteiger partial charge is 0.320 e. The summed E-state index contributed by atoms with van der Waals surface area (Å²) in [6.45, 7) is 11.6. The fourth-order valence-electron chi connectivity index (χ4n) is 2.64. The molecule has 1 unspecified atom stereocenters. The minimum absolute atomic E-state index is 0.209. The summed E-state index contributed by atoms with van der Waals surface area (Å²) >= 11 is 0. The van der Waals surface area contributed by atoms with Crippen molar-refractivity contribution in [1.29, 1.82) is 0 Å². The molecule has 0 spiro atoms. The molecule has 3 heteroatoms. The lowest BCUT2D eigenvalue weighted by atomic mass is 9.80. The molecule has 1 aromatic rings. The van der Waals surface area contributed by atoms with Gasteiger partial charge >= 0.3 is 0 Å². The topological polar surface area (TPSA) is 29.3 Å². The normalized spacial score (nSPS) is 14.8. The van der Waals surface area contributed by atoms with Crippen molar-refractivity contribution in [3.8, 4) is 0 Å². The van der Waals surface area contributed by atoms with E-state index in [9.17, 15) is 4.39 Å². The number of nitrogens with two attached hydrogens (primary N) is 1. The average molecular weight is 280 g/mol. The second-order valence-corrected chi connectivity index (χ2v) is 5.98. The fraction of sp³-hybridized carbons (Fsp3) is 0.647. The first-order valence-electron chi connectivity index (χ1n) is 7.71. The zero-order valence-corrected chi connectivity index (χ0v) is 13.3. The Labute approximate surface area is 123 Å². The molecule has 0 amide bonds. The summed E-state index contributed by atoms with van der Waals surface area (Å²) < 4.78 is 13.1. The molecule has 2 nitrogen and oxygen atoms in total. The summed E-state index contributed by atoms with van der Waals surface area (Å²) in [7, 11) is 0. The summed E-state index contributed by atoms with van der Waals surface area (Å²) in [5.41, 5.74) is 7.30. The van der Waals surface area contributed by atoms with Crippen LogP contribution < -0.4 is 5.73 Å². The number of nitrogens with zero attached hydrogens (tertiary/aromatic N) is 1. The predicted octanol–water partition coefficient (Wildman–Crippen LogP) is 3.76. The van der Waals surface area contributed by atoms with E-state index >= 15 is 0 Å². The van der Waals surface area contributed by atoms with Gasteiger partial charge in [-0.15, -0.1) is 0 Å². The van der Waals surface area contributed by atoms with Crippen LogP contribution in [-0.2, 0) is 5.54 Å². The summed E-state index contributed by atoms with van der Waals surface area (Å²) in [5.74, 6) is 0.0861. The lowest BCUT2D eigenvalue weighted by Crippen LogP contribution is -2.51. The maximum atomic E-state index is 13.1. The molecule has 0 aromatic heterocycles. The summed E-state index contributed by atoms with van der Waals surface area (Å²) in [5, 5.41) is 0. The Morgan fingerprint density at radius 1 is 1.10 bits per heavy atom. The van der Waals surface area contributed by atoms with E-state index in [1.807, 2.05) is 12.1 Å². The molecule has 0 fully saturated rings. The molecule has 0 aliphatic rings. The van der Waals surface area contributed by atoms with Gasteiger partial charge in [-0.05, 0) is 49.5 Å². The van der Waals surface area contributed by atoms with Crippen LogP contribution in [0.5, 0.6) is 0 Å². The third-order valence-electron chi connectivity index (χ3n) is 3.98. The molecule has 0 radical (unpaired) electrons. The van der Waals surface area contributed by atoms with Crippen LogP contribution >= 0.6 is 0 Å². The molecule has 0 bridgehead atoms. The van der Waals surface area contributed by atoms with Gasteiger partial charge in [0.2, 0.25) is 0 Å². The van der Waals surface area contributed by atoms with Gasteiger partial charge in [0, 0.05) is 6.54 Å². The number of hydrogen-bond acceptors (Lipinski definition) is 2. The molecule has 0 saturated carbocycles. The van der Waals surface area contributed by atoms with Crippen molar-refractivity contribution in [3.63, 3.8) is 0 Å². The molecule has 1 rings (SSSR count).